The Bertz CT molecular complexity index is 1270. The van der Waals surface area contributed by atoms with Crippen molar-refractivity contribution in [1.29, 1.82) is 0 Å². The highest BCUT2D eigenvalue weighted by atomic mass is 32.2. The maximum absolute atomic E-state index is 14.3. The molecule has 2 aromatic rings. The van der Waals surface area contributed by atoms with Crippen LogP contribution in [0.3, 0.4) is 0 Å². The summed E-state index contributed by atoms with van der Waals surface area (Å²) in [6.07, 6.45) is -8.73. The molecule has 2 aromatic carbocycles. The molecule has 1 heterocycles. The normalized spacial score (nSPS) is 16.3. The van der Waals surface area contributed by atoms with Gasteiger partial charge in [0.25, 0.3) is 0 Å². The molecule has 1 amide bonds. The number of hydrogen-bond acceptors (Lipinski definition) is 4. The van der Waals surface area contributed by atoms with Crippen LogP contribution in [0.25, 0.3) is 0 Å². The predicted molar refractivity (Wildman–Crippen MR) is 128 cm³/mol. The molecule has 1 fully saturated rings. The summed E-state index contributed by atoms with van der Waals surface area (Å²) in [6, 6.07) is 6.38. The topological polar surface area (TPSA) is 78.5 Å². The van der Waals surface area contributed by atoms with Gasteiger partial charge in [0.2, 0.25) is 15.9 Å². The first-order valence-electron chi connectivity index (χ1n) is 11.5. The number of nitrogens with one attached hydrogen (secondary N) is 2. The highest BCUT2D eigenvalue weighted by molar-refractivity contribution is 7.92. The van der Waals surface area contributed by atoms with Gasteiger partial charge in [0.15, 0.2) is 0 Å². The minimum Gasteiger partial charge on any atom is -0.371 e. The molecule has 3 rings (SSSR count). The third-order valence-electron chi connectivity index (χ3n) is 6.35. The van der Waals surface area contributed by atoms with Crippen LogP contribution in [0, 0.1) is 11.7 Å². The van der Waals surface area contributed by atoms with Crippen molar-refractivity contribution < 1.29 is 43.9 Å². The molecule has 1 aliphatic heterocycles. The lowest BCUT2D eigenvalue weighted by Crippen LogP contribution is -2.39. The number of alkyl halides is 6. The summed E-state index contributed by atoms with van der Waals surface area (Å²) in [7, 11) is -3.72. The third kappa shape index (κ3) is 7.51. The molecule has 1 unspecified atom stereocenters. The van der Waals surface area contributed by atoms with Crippen LogP contribution in [0.5, 0.6) is 0 Å². The van der Waals surface area contributed by atoms with Crippen LogP contribution < -0.4 is 14.9 Å². The minimum absolute atomic E-state index is 0.0793. The predicted octanol–water partition coefficient (Wildman–Crippen LogP) is 5.41. The molecule has 0 bridgehead atoms. The largest absolute Gasteiger partial charge is 0.416 e. The van der Waals surface area contributed by atoms with Gasteiger partial charge in [0.1, 0.15) is 5.82 Å². The van der Waals surface area contributed by atoms with Crippen LogP contribution >= 0.6 is 0 Å². The maximum atomic E-state index is 14.3. The van der Waals surface area contributed by atoms with E-state index in [9.17, 15) is 43.9 Å². The molecule has 0 spiro atoms. The number of piperidine rings is 1. The molecule has 14 heteroatoms. The average Bonchev–Trinajstić information content (AvgIpc) is 2.81. The summed E-state index contributed by atoms with van der Waals surface area (Å²) in [5.41, 5.74) is -0.681. The quantitative estimate of drug-likeness (QED) is 0.437. The van der Waals surface area contributed by atoms with Gasteiger partial charge in [-0.2, -0.15) is 26.3 Å². The Balaban J connectivity index is 1.76. The lowest BCUT2D eigenvalue weighted by Gasteiger charge is -2.35. The number of sulfonamides is 1. The Hall–Kier alpha value is -3.03. The van der Waals surface area contributed by atoms with Crippen molar-refractivity contribution in [1.82, 2.24) is 5.32 Å². The number of carbonyl (C=O) groups is 1. The van der Waals surface area contributed by atoms with Gasteiger partial charge in [-0.25, -0.2) is 12.8 Å². The summed E-state index contributed by atoms with van der Waals surface area (Å²) in [5, 5.41) is 2.58. The van der Waals surface area contributed by atoms with Crippen molar-refractivity contribution in [3.8, 4) is 0 Å². The standard InChI is InChI=1S/C24H26F7N3O3S/c1-14(15-4-6-20(19(25)11-15)33-38(2,36)37)22(35)32-13-16-3-5-18(24(29,30)31)12-21(16)34-9-7-17(8-10-34)23(26,27)28/h3-6,11-12,14,17,33H,7-10,13H2,1-2H3,(H,32,35). The molecular formula is C24H26F7N3O3S. The minimum atomic E-state index is -4.67. The molecule has 0 aliphatic carbocycles. The molecular weight excluding hydrogens is 543 g/mol. The molecule has 0 aromatic heterocycles. The van der Waals surface area contributed by atoms with Crippen molar-refractivity contribution in [2.45, 2.75) is 44.6 Å². The molecule has 2 N–H and O–H groups in total. The van der Waals surface area contributed by atoms with E-state index in [0.29, 0.717) is 0 Å². The molecule has 0 radical (unpaired) electrons. The number of benzene rings is 2. The monoisotopic (exact) mass is 569 g/mol. The van der Waals surface area contributed by atoms with Crippen LogP contribution in [0.15, 0.2) is 36.4 Å². The first kappa shape index (κ1) is 29.5. The zero-order valence-electron chi connectivity index (χ0n) is 20.4. The Kier molecular flexibility index (Phi) is 8.54. The summed E-state index contributed by atoms with van der Waals surface area (Å²) >= 11 is 0. The van der Waals surface area contributed by atoms with Crippen LogP contribution in [-0.2, 0) is 27.5 Å². The maximum Gasteiger partial charge on any atom is 0.416 e. The highest BCUT2D eigenvalue weighted by Crippen LogP contribution is 2.38. The second kappa shape index (κ2) is 11.0. The highest BCUT2D eigenvalue weighted by Gasteiger charge is 2.41. The number of hydrogen-bond donors (Lipinski definition) is 2. The number of rotatable bonds is 7. The van der Waals surface area contributed by atoms with E-state index in [2.05, 4.69) is 5.32 Å². The SMILES string of the molecule is CC(C(=O)NCc1ccc(C(F)(F)F)cc1N1CCC(C(F)(F)F)CC1)c1ccc(NS(C)(=O)=O)c(F)c1. The van der Waals surface area contributed by atoms with Crippen molar-refractivity contribution in [2.75, 3.05) is 29.0 Å². The lowest BCUT2D eigenvalue weighted by atomic mass is 9.95. The van der Waals surface area contributed by atoms with E-state index in [1.165, 1.54) is 24.0 Å². The van der Waals surface area contributed by atoms with Gasteiger partial charge >= 0.3 is 12.4 Å². The van der Waals surface area contributed by atoms with Crippen LogP contribution in [-0.4, -0.2) is 39.8 Å². The van der Waals surface area contributed by atoms with Gasteiger partial charge in [-0.05, 0) is 55.2 Å². The molecule has 38 heavy (non-hydrogen) atoms. The van der Waals surface area contributed by atoms with Crippen LogP contribution in [0.4, 0.5) is 42.1 Å². The molecule has 6 nitrogen and oxygen atoms in total. The van der Waals surface area contributed by atoms with Gasteiger partial charge in [-0.15, -0.1) is 0 Å². The van der Waals surface area contributed by atoms with Gasteiger partial charge < -0.3 is 10.2 Å². The second-order valence-corrected chi connectivity index (χ2v) is 10.9. The number of nitrogens with zero attached hydrogens (tertiary/aromatic N) is 1. The lowest BCUT2D eigenvalue weighted by molar-refractivity contribution is -0.179. The van der Waals surface area contributed by atoms with Gasteiger partial charge in [-0.3, -0.25) is 9.52 Å². The fraction of sp³-hybridized carbons (Fsp3) is 0.458. The van der Waals surface area contributed by atoms with Crippen molar-refractivity contribution in [3.63, 3.8) is 0 Å². The van der Waals surface area contributed by atoms with Crippen molar-refractivity contribution in [2.24, 2.45) is 5.92 Å². The molecule has 1 atom stereocenters. The van der Waals surface area contributed by atoms with E-state index in [1.54, 1.807) is 0 Å². The van der Waals surface area contributed by atoms with Gasteiger partial charge in [0, 0.05) is 25.3 Å². The number of anilines is 2. The first-order valence-corrected chi connectivity index (χ1v) is 13.4. The number of amides is 1. The van der Waals surface area contributed by atoms with E-state index < -0.39 is 51.5 Å². The summed E-state index contributed by atoms with van der Waals surface area (Å²) in [6.45, 7) is 1.04. The fourth-order valence-electron chi connectivity index (χ4n) is 4.20. The summed E-state index contributed by atoms with van der Waals surface area (Å²) < 4.78 is 118. The third-order valence-corrected chi connectivity index (χ3v) is 6.94. The van der Waals surface area contributed by atoms with Gasteiger partial charge in [-0.1, -0.05) is 12.1 Å². The molecule has 210 valence electrons. The molecule has 0 saturated carbocycles. The van der Waals surface area contributed by atoms with Crippen LogP contribution in [0.2, 0.25) is 0 Å². The Morgan fingerprint density at radius 2 is 1.68 bits per heavy atom. The van der Waals surface area contributed by atoms with E-state index in [4.69, 9.17) is 0 Å². The van der Waals surface area contributed by atoms with E-state index in [1.807, 2.05) is 4.72 Å². The number of halogens is 7. The zero-order valence-corrected chi connectivity index (χ0v) is 21.2. The van der Waals surface area contributed by atoms with Crippen molar-refractivity contribution >= 4 is 27.3 Å². The van der Waals surface area contributed by atoms with E-state index in [0.717, 1.165) is 30.5 Å². The second-order valence-electron chi connectivity index (χ2n) is 9.20. The first-order chi connectivity index (χ1) is 17.5. The Morgan fingerprint density at radius 1 is 1.05 bits per heavy atom. The molecule has 1 aliphatic rings. The fourth-order valence-corrected chi connectivity index (χ4v) is 4.77. The zero-order chi connectivity index (χ0) is 28.5. The van der Waals surface area contributed by atoms with Crippen molar-refractivity contribution in [3.05, 3.63) is 58.9 Å². The van der Waals surface area contributed by atoms with E-state index in [-0.39, 0.29) is 55.0 Å². The summed E-state index contributed by atoms with van der Waals surface area (Å²) in [5.74, 6) is -3.93. The Labute approximate surface area is 215 Å². The molecule has 1 saturated heterocycles. The van der Waals surface area contributed by atoms with E-state index >= 15 is 0 Å². The average molecular weight is 570 g/mol. The van der Waals surface area contributed by atoms with Crippen LogP contribution in [0.1, 0.15) is 42.4 Å². The number of carbonyl (C=O) groups excluding carboxylic acids is 1. The van der Waals surface area contributed by atoms with Gasteiger partial charge in [0.05, 0.1) is 29.3 Å². The Morgan fingerprint density at radius 3 is 2.21 bits per heavy atom. The smallest absolute Gasteiger partial charge is 0.371 e. The summed E-state index contributed by atoms with van der Waals surface area (Å²) in [4.78, 5) is 14.2.